The number of carbonyl (C=O) groups excluding carboxylic acids is 1. The lowest BCUT2D eigenvalue weighted by molar-refractivity contribution is 0.0887. The highest BCUT2D eigenvalue weighted by Crippen LogP contribution is 2.29. The normalized spacial score (nSPS) is 25.1. The summed E-state index contributed by atoms with van der Waals surface area (Å²) in [6.45, 7) is 4.38. The van der Waals surface area contributed by atoms with Gasteiger partial charge in [0.25, 0.3) is 5.91 Å². The molecule has 116 valence electrons. The fourth-order valence-corrected chi connectivity index (χ4v) is 3.25. The van der Waals surface area contributed by atoms with E-state index in [-0.39, 0.29) is 17.5 Å². The molecule has 1 aliphatic rings. The molecule has 1 aromatic heterocycles. The third kappa shape index (κ3) is 2.78. The molecule has 0 spiro atoms. The number of rotatable bonds is 2. The molecule has 1 saturated carbocycles. The number of hydrogen-bond donors (Lipinski definition) is 1. The highest BCUT2D eigenvalue weighted by atomic mass is 16.4. The van der Waals surface area contributed by atoms with Crippen molar-refractivity contribution in [1.29, 1.82) is 0 Å². The molecule has 3 rings (SSSR count). The number of carbonyl (C=O) groups is 1. The van der Waals surface area contributed by atoms with Gasteiger partial charge >= 0.3 is 5.63 Å². The monoisotopic (exact) mass is 299 g/mol. The standard InChI is InChI=1S/C18H21NO3/c1-11-6-5-8-15(12(11)2)19-17(20)14-10-13-7-3-4-9-16(13)22-18(14)21/h3-4,7,9-12,15H,5-6,8H2,1-2H3,(H,19,20)/t11-,12-,15-/m1/s1. The summed E-state index contributed by atoms with van der Waals surface area (Å²) in [5.74, 6) is 0.683. The van der Waals surface area contributed by atoms with E-state index in [1.54, 1.807) is 18.2 Å². The van der Waals surface area contributed by atoms with Crippen molar-refractivity contribution in [2.24, 2.45) is 11.8 Å². The van der Waals surface area contributed by atoms with Crippen LogP contribution in [0.25, 0.3) is 11.0 Å². The molecule has 2 aromatic rings. The highest BCUT2D eigenvalue weighted by Gasteiger charge is 2.29. The minimum Gasteiger partial charge on any atom is -0.422 e. The highest BCUT2D eigenvalue weighted by molar-refractivity contribution is 5.96. The second kappa shape index (κ2) is 5.95. The van der Waals surface area contributed by atoms with Gasteiger partial charge in [0.2, 0.25) is 0 Å². The largest absolute Gasteiger partial charge is 0.422 e. The van der Waals surface area contributed by atoms with Crippen molar-refractivity contribution in [3.05, 3.63) is 46.3 Å². The van der Waals surface area contributed by atoms with Crippen LogP contribution < -0.4 is 10.9 Å². The second-order valence-corrected chi connectivity index (χ2v) is 6.33. The van der Waals surface area contributed by atoms with Crippen LogP contribution in [0.2, 0.25) is 0 Å². The Kier molecular flexibility index (Phi) is 4.01. The number of benzene rings is 1. The van der Waals surface area contributed by atoms with Crippen LogP contribution >= 0.6 is 0 Å². The minimum absolute atomic E-state index is 0.0872. The SMILES string of the molecule is C[C@@H]1[C@H](C)CCC[C@H]1NC(=O)c1cc2ccccc2oc1=O. The molecule has 3 atom stereocenters. The van der Waals surface area contributed by atoms with Crippen molar-refractivity contribution in [2.45, 2.75) is 39.2 Å². The first-order chi connectivity index (χ1) is 10.6. The van der Waals surface area contributed by atoms with Gasteiger partial charge in [-0.05, 0) is 30.4 Å². The summed E-state index contributed by atoms with van der Waals surface area (Å²) in [6, 6.07) is 8.96. The second-order valence-electron chi connectivity index (χ2n) is 6.33. The summed E-state index contributed by atoms with van der Waals surface area (Å²) in [5, 5.41) is 3.78. The van der Waals surface area contributed by atoms with E-state index in [9.17, 15) is 9.59 Å². The van der Waals surface area contributed by atoms with Gasteiger partial charge in [0, 0.05) is 11.4 Å². The van der Waals surface area contributed by atoms with Gasteiger partial charge in [0.15, 0.2) is 0 Å². The first kappa shape index (κ1) is 14.8. The lowest BCUT2D eigenvalue weighted by Crippen LogP contribution is -2.44. The van der Waals surface area contributed by atoms with E-state index in [0.29, 0.717) is 17.4 Å². The Labute approximate surface area is 129 Å². The summed E-state index contributed by atoms with van der Waals surface area (Å²) >= 11 is 0. The molecule has 0 aliphatic heterocycles. The van der Waals surface area contributed by atoms with E-state index in [4.69, 9.17) is 4.42 Å². The topological polar surface area (TPSA) is 59.3 Å². The molecule has 22 heavy (non-hydrogen) atoms. The molecule has 4 nitrogen and oxygen atoms in total. The van der Waals surface area contributed by atoms with Crippen LogP contribution in [0.3, 0.4) is 0 Å². The predicted molar refractivity (Wildman–Crippen MR) is 85.9 cm³/mol. The first-order valence-corrected chi connectivity index (χ1v) is 7.90. The van der Waals surface area contributed by atoms with Gasteiger partial charge in [-0.15, -0.1) is 0 Å². The summed E-state index contributed by atoms with van der Waals surface area (Å²) < 4.78 is 5.23. The van der Waals surface area contributed by atoms with Gasteiger partial charge in [-0.25, -0.2) is 4.79 Å². The minimum atomic E-state index is -0.576. The zero-order valence-corrected chi connectivity index (χ0v) is 13.0. The van der Waals surface area contributed by atoms with Crippen LogP contribution in [0.1, 0.15) is 43.5 Å². The average Bonchev–Trinajstić information content (AvgIpc) is 2.51. The van der Waals surface area contributed by atoms with Crippen molar-refractivity contribution >= 4 is 16.9 Å². The molecule has 1 amide bonds. The van der Waals surface area contributed by atoms with Crippen molar-refractivity contribution in [3.8, 4) is 0 Å². The van der Waals surface area contributed by atoms with E-state index in [2.05, 4.69) is 19.2 Å². The zero-order chi connectivity index (χ0) is 15.7. The van der Waals surface area contributed by atoms with E-state index in [0.717, 1.165) is 18.2 Å². The van der Waals surface area contributed by atoms with Crippen molar-refractivity contribution in [1.82, 2.24) is 5.32 Å². The third-order valence-electron chi connectivity index (χ3n) is 4.91. The molecule has 0 saturated heterocycles. The molecular weight excluding hydrogens is 278 g/mol. The zero-order valence-electron chi connectivity index (χ0n) is 13.0. The lowest BCUT2D eigenvalue weighted by atomic mass is 9.78. The summed E-state index contributed by atoms with van der Waals surface area (Å²) in [6.07, 6.45) is 3.28. The first-order valence-electron chi connectivity index (χ1n) is 7.90. The quantitative estimate of drug-likeness (QED) is 0.865. The van der Waals surface area contributed by atoms with Crippen LogP contribution in [0.15, 0.2) is 39.5 Å². The van der Waals surface area contributed by atoms with Crippen molar-refractivity contribution < 1.29 is 9.21 Å². The molecule has 4 heteroatoms. The van der Waals surface area contributed by atoms with Crippen LogP contribution in [0, 0.1) is 11.8 Å². The fraction of sp³-hybridized carbons (Fsp3) is 0.444. The van der Waals surface area contributed by atoms with E-state index < -0.39 is 5.63 Å². The number of fused-ring (bicyclic) bond motifs is 1. The Morgan fingerprint density at radius 1 is 1.23 bits per heavy atom. The van der Waals surface area contributed by atoms with Crippen LogP contribution in [-0.4, -0.2) is 11.9 Å². The molecule has 1 N–H and O–H groups in total. The van der Waals surface area contributed by atoms with Gasteiger partial charge in [0.1, 0.15) is 11.1 Å². The molecule has 1 aromatic carbocycles. The predicted octanol–water partition coefficient (Wildman–Crippen LogP) is 3.35. The summed E-state index contributed by atoms with van der Waals surface area (Å²) in [5.41, 5.74) is 0.0144. The molecule has 1 aliphatic carbocycles. The van der Waals surface area contributed by atoms with Crippen LogP contribution in [0.4, 0.5) is 0 Å². The summed E-state index contributed by atoms with van der Waals surface area (Å²) in [4.78, 5) is 24.5. The van der Waals surface area contributed by atoms with E-state index in [1.807, 2.05) is 12.1 Å². The number of amides is 1. The van der Waals surface area contributed by atoms with Crippen LogP contribution in [0.5, 0.6) is 0 Å². The van der Waals surface area contributed by atoms with E-state index >= 15 is 0 Å². The number of nitrogens with one attached hydrogen (secondary N) is 1. The maximum Gasteiger partial charge on any atom is 0.349 e. The Bertz CT molecular complexity index is 749. The Morgan fingerprint density at radius 2 is 2.00 bits per heavy atom. The van der Waals surface area contributed by atoms with Gasteiger partial charge in [0.05, 0.1) is 0 Å². The third-order valence-corrected chi connectivity index (χ3v) is 4.91. The van der Waals surface area contributed by atoms with Crippen molar-refractivity contribution in [3.63, 3.8) is 0 Å². The maximum absolute atomic E-state index is 12.5. The lowest BCUT2D eigenvalue weighted by Gasteiger charge is -2.34. The Hall–Kier alpha value is -2.10. The van der Waals surface area contributed by atoms with E-state index in [1.165, 1.54) is 6.42 Å². The number of hydrogen-bond acceptors (Lipinski definition) is 3. The number of para-hydroxylation sites is 1. The molecule has 1 heterocycles. The molecular formula is C18H21NO3. The van der Waals surface area contributed by atoms with Gasteiger partial charge in [-0.3, -0.25) is 4.79 Å². The molecule has 0 bridgehead atoms. The fourth-order valence-electron chi connectivity index (χ4n) is 3.25. The Balaban J connectivity index is 1.86. The van der Waals surface area contributed by atoms with Crippen molar-refractivity contribution in [2.75, 3.05) is 0 Å². The Morgan fingerprint density at radius 3 is 2.82 bits per heavy atom. The molecule has 0 unspecified atom stereocenters. The van der Waals surface area contributed by atoms with Crippen LogP contribution in [-0.2, 0) is 0 Å². The van der Waals surface area contributed by atoms with Gasteiger partial charge < -0.3 is 9.73 Å². The molecule has 0 radical (unpaired) electrons. The smallest absolute Gasteiger partial charge is 0.349 e. The molecule has 1 fully saturated rings. The average molecular weight is 299 g/mol. The maximum atomic E-state index is 12.5. The summed E-state index contributed by atoms with van der Waals surface area (Å²) in [7, 11) is 0. The van der Waals surface area contributed by atoms with Gasteiger partial charge in [-0.1, -0.05) is 44.9 Å². The van der Waals surface area contributed by atoms with Gasteiger partial charge in [-0.2, -0.15) is 0 Å².